The van der Waals surface area contributed by atoms with Gasteiger partial charge in [-0.1, -0.05) is 46.4 Å². The normalized spacial score (nSPS) is 13.2. The molecule has 0 saturated carbocycles. The topological polar surface area (TPSA) is 116 Å². The molecule has 0 aliphatic carbocycles. The van der Waals surface area contributed by atoms with Crippen LogP contribution in [0.5, 0.6) is 0 Å². The van der Waals surface area contributed by atoms with E-state index in [9.17, 15) is 13.0 Å². The Morgan fingerprint density at radius 3 is 1.84 bits per heavy atom. The van der Waals surface area contributed by atoms with E-state index in [2.05, 4.69) is 10.2 Å². The predicted octanol–water partition coefficient (Wildman–Crippen LogP) is 12.3. The molecule has 8 aromatic rings. The Balaban J connectivity index is 1.08. The summed E-state index contributed by atoms with van der Waals surface area (Å²) in [5, 5.41) is 12.1. The van der Waals surface area contributed by atoms with E-state index in [1.165, 1.54) is 38.9 Å². The number of rotatable bonds is 9. The monoisotopic (exact) mass is 824 g/mol. The molecule has 0 saturated heterocycles. The second-order valence-electron chi connectivity index (χ2n) is 11.2. The van der Waals surface area contributed by atoms with Crippen molar-refractivity contribution < 1.29 is 30.6 Å². The van der Waals surface area contributed by atoms with E-state index in [-0.39, 0.29) is 55.7 Å². The van der Waals surface area contributed by atoms with Gasteiger partial charge in [-0.2, -0.15) is 18.6 Å². The van der Waals surface area contributed by atoms with E-state index in [1.54, 1.807) is 36.4 Å². The van der Waals surface area contributed by atoms with Crippen molar-refractivity contribution in [2.24, 2.45) is 0 Å². The van der Waals surface area contributed by atoms with E-state index in [0.717, 1.165) is 22.1 Å². The molecule has 1 N–H and O–H groups in total. The average Bonchev–Trinajstić information content (AvgIpc) is 3.89. The zero-order valence-corrected chi connectivity index (χ0v) is 30.8. The van der Waals surface area contributed by atoms with Crippen molar-refractivity contribution >= 4 is 134 Å². The highest BCUT2D eigenvalue weighted by Gasteiger charge is 2.28. The molecule has 18 heteroatoms. The van der Waals surface area contributed by atoms with Gasteiger partial charge in [0.25, 0.3) is 0 Å². The van der Waals surface area contributed by atoms with Gasteiger partial charge in [0.15, 0.2) is 38.4 Å². The Bertz CT molecular complexity index is 2860. The van der Waals surface area contributed by atoms with Crippen LogP contribution in [-0.4, -0.2) is 32.5 Å². The first-order valence-corrected chi connectivity index (χ1v) is 19.5. The smallest absolute Gasteiger partial charge is 0.304 e. The maximum atomic E-state index is 15.8. The summed E-state index contributed by atoms with van der Waals surface area (Å²) in [6.45, 7) is 0. The molecule has 0 atom stereocenters. The van der Waals surface area contributed by atoms with Gasteiger partial charge in [0.2, 0.25) is 0 Å². The third kappa shape index (κ3) is 6.07. The van der Waals surface area contributed by atoms with Crippen molar-refractivity contribution in [2.75, 3.05) is 0 Å². The second-order valence-corrected chi connectivity index (χ2v) is 16.5. The number of thiophene rings is 2. The first-order valence-electron chi connectivity index (χ1n) is 14.8. The van der Waals surface area contributed by atoms with Crippen LogP contribution in [0.1, 0.15) is 30.7 Å². The number of hydrogen-bond acceptors (Lipinski definition) is 8. The molecule has 0 radical (unpaired) electrons. The van der Waals surface area contributed by atoms with Crippen LogP contribution in [0.3, 0.4) is 0 Å². The van der Waals surface area contributed by atoms with Crippen LogP contribution >= 0.6 is 69.1 Å². The summed E-state index contributed by atoms with van der Waals surface area (Å²) in [5.74, 6) is -1.34. The van der Waals surface area contributed by atoms with E-state index in [1.807, 2.05) is 5.38 Å². The molecule has 0 amide bonds. The lowest BCUT2D eigenvalue weighted by Crippen LogP contribution is -1.98. The van der Waals surface area contributed by atoms with Gasteiger partial charge in [0.05, 0.1) is 26.1 Å². The lowest BCUT2D eigenvalue weighted by atomic mass is 10.2. The zero-order chi connectivity index (χ0) is 35.8. The Hall–Kier alpha value is -3.73. The fourth-order valence-electron chi connectivity index (χ4n) is 5.63. The number of unbranched alkanes of at least 4 members (excludes halogenated alkanes) is 2. The van der Waals surface area contributed by atoms with Crippen LogP contribution < -0.4 is 0 Å². The number of halogens is 6. The Morgan fingerprint density at radius 1 is 0.784 bits per heavy atom. The minimum absolute atomic E-state index is 0.00451. The molecule has 0 fully saturated rings. The third-order valence-electron chi connectivity index (χ3n) is 7.88. The predicted molar refractivity (Wildman–Crippen MR) is 199 cm³/mol. The van der Waals surface area contributed by atoms with Crippen molar-refractivity contribution in [1.82, 2.24) is 19.6 Å². The minimum atomic E-state index is -4.53. The summed E-state index contributed by atoms with van der Waals surface area (Å²) in [7, 11) is -4.53. The van der Waals surface area contributed by atoms with Crippen LogP contribution in [0, 0.1) is 0 Å². The van der Waals surface area contributed by atoms with E-state index in [4.69, 9.17) is 55.2 Å². The van der Waals surface area contributed by atoms with Gasteiger partial charge < -0.3 is 8.83 Å². The maximum Gasteiger partial charge on any atom is 0.304 e. The summed E-state index contributed by atoms with van der Waals surface area (Å²) in [6.07, 6.45) is 3.46. The molecule has 8 rings (SSSR count). The molecule has 6 aromatic heterocycles. The SMILES string of the molecule is O=S(=O)(O)c1cc2oc3c(C(F)=CCCCC=C(F)c4nn(-c5ccc(Cl)cc5Cl)c5c4oc4ccsc45)nn(-c4ccc(Cl)cc4Cl)c3c2s1. The highest BCUT2D eigenvalue weighted by atomic mass is 35.5. The van der Waals surface area contributed by atoms with Gasteiger partial charge in [-0.3, -0.25) is 4.55 Å². The third-order valence-corrected chi connectivity index (χ3v) is 12.3. The summed E-state index contributed by atoms with van der Waals surface area (Å²) in [6, 6.07) is 12.5. The van der Waals surface area contributed by atoms with Gasteiger partial charge in [-0.05, 0) is 79.3 Å². The fourth-order valence-corrected chi connectivity index (χ4v) is 9.22. The van der Waals surface area contributed by atoms with Crippen molar-refractivity contribution in [1.29, 1.82) is 0 Å². The molecule has 6 heterocycles. The zero-order valence-electron chi connectivity index (χ0n) is 25.3. The largest absolute Gasteiger partial charge is 0.451 e. The summed E-state index contributed by atoms with van der Waals surface area (Å²) in [5.41, 5.74) is 2.53. The van der Waals surface area contributed by atoms with Crippen molar-refractivity contribution in [2.45, 2.75) is 23.5 Å². The molecule has 2 aromatic carbocycles. The maximum absolute atomic E-state index is 15.8. The van der Waals surface area contributed by atoms with Crippen LogP contribution in [0.4, 0.5) is 8.78 Å². The minimum Gasteiger partial charge on any atom is -0.451 e. The highest BCUT2D eigenvalue weighted by molar-refractivity contribution is 7.88. The first kappa shape index (κ1) is 34.4. The quantitative estimate of drug-likeness (QED) is 0.114. The van der Waals surface area contributed by atoms with E-state index < -0.39 is 21.8 Å². The molecule has 0 spiro atoms. The number of aromatic nitrogens is 4. The first-order chi connectivity index (χ1) is 24.4. The summed E-state index contributed by atoms with van der Waals surface area (Å²) >= 11 is 27.3. The van der Waals surface area contributed by atoms with Gasteiger partial charge in [-0.15, -0.1) is 22.7 Å². The molecule has 0 aliphatic heterocycles. The molecule has 0 bridgehead atoms. The van der Waals surface area contributed by atoms with Crippen LogP contribution in [0.25, 0.3) is 65.8 Å². The van der Waals surface area contributed by atoms with Crippen LogP contribution in [0.15, 0.2) is 79.1 Å². The molecule has 51 heavy (non-hydrogen) atoms. The van der Waals surface area contributed by atoms with Gasteiger partial charge >= 0.3 is 10.1 Å². The number of benzene rings is 2. The number of nitrogens with zero attached hydrogens (tertiary/aromatic N) is 4. The lowest BCUT2D eigenvalue weighted by molar-refractivity contribution is 0.485. The van der Waals surface area contributed by atoms with Crippen LogP contribution in [-0.2, 0) is 10.1 Å². The Morgan fingerprint density at radius 2 is 1.31 bits per heavy atom. The van der Waals surface area contributed by atoms with Gasteiger partial charge in [0.1, 0.15) is 26.9 Å². The van der Waals surface area contributed by atoms with Crippen molar-refractivity contribution in [3.05, 3.63) is 97.5 Å². The number of furan rings is 2. The second kappa shape index (κ2) is 13.0. The summed E-state index contributed by atoms with van der Waals surface area (Å²) in [4.78, 5) is 0. The average molecular weight is 827 g/mol. The lowest BCUT2D eigenvalue weighted by Gasteiger charge is -2.05. The van der Waals surface area contributed by atoms with Crippen LogP contribution in [0.2, 0.25) is 20.1 Å². The molecule has 9 nitrogen and oxygen atoms in total. The van der Waals surface area contributed by atoms with Gasteiger partial charge in [0, 0.05) is 16.1 Å². The summed E-state index contributed by atoms with van der Waals surface area (Å²) < 4.78 is 80.1. The number of allylic oxidation sites excluding steroid dienone is 2. The number of fused-ring (bicyclic) bond motifs is 6. The molecule has 0 aliphatic rings. The van der Waals surface area contributed by atoms with E-state index in [0.29, 0.717) is 48.7 Å². The standard InChI is InChI=1S/C33H18Cl4F2N4O5S3/c34-15-6-8-21(17(36)12-15)42-28-30(47-23-10-11-49-32(23)28)26(40-42)19(38)4-2-1-3-5-20(39)27-31-29(33-24(48-31)14-25(50-33)51(44,45)46)43(41-27)22-9-7-16(35)13-18(22)37/h4-14H,1-3H2,(H,44,45,46). The van der Waals surface area contributed by atoms with Crippen molar-refractivity contribution in [3.63, 3.8) is 0 Å². The molecule has 0 unspecified atom stereocenters. The van der Waals surface area contributed by atoms with Crippen molar-refractivity contribution in [3.8, 4) is 11.4 Å². The fraction of sp³-hybridized carbons (Fsp3) is 0.0909. The highest BCUT2D eigenvalue weighted by Crippen LogP contribution is 2.43. The van der Waals surface area contributed by atoms with E-state index >= 15 is 8.78 Å². The Kier molecular flexibility index (Phi) is 8.79. The molecule has 260 valence electrons. The Labute approximate surface area is 314 Å². The number of hydrogen-bond donors (Lipinski definition) is 1. The van der Waals surface area contributed by atoms with Gasteiger partial charge in [-0.25, -0.2) is 18.1 Å². The molecular weight excluding hydrogens is 808 g/mol. The molecular formula is C33H18Cl4F2N4O5S3.